The predicted molar refractivity (Wildman–Crippen MR) is 67.6 cm³/mol. The number of rotatable bonds is 5. The van der Waals surface area contributed by atoms with Crippen molar-refractivity contribution in [2.24, 2.45) is 0 Å². The number of carbonyl (C=O) groups is 1. The Hall–Kier alpha value is -2.11. The Bertz CT molecular complexity index is 560. The molecule has 0 atom stereocenters. The van der Waals surface area contributed by atoms with E-state index < -0.39 is 11.5 Å². The molecule has 0 unspecified atom stereocenters. The second-order valence-electron chi connectivity index (χ2n) is 4.16. The van der Waals surface area contributed by atoms with Gasteiger partial charge in [-0.3, -0.25) is 0 Å². The second-order valence-corrected chi connectivity index (χ2v) is 4.16. The van der Waals surface area contributed by atoms with Crippen molar-refractivity contribution in [1.29, 1.82) is 0 Å². The van der Waals surface area contributed by atoms with Crippen molar-refractivity contribution >= 4 is 17.3 Å². The van der Waals surface area contributed by atoms with Crippen molar-refractivity contribution in [2.45, 2.75) is 32.2 Å². The summed E-state index contributed by atoms with van der Waals surface area (Å²) in [6.07, 6.45) is 5.94. The van der Waals surface area contributed by atoms with Gasteiger partial charge in [0.25, 0.3) is 0 Å². The highest BCUT2D eigenvalue weighted by Gasteiger charge is 2.35. The molecule has 0 aliphatic carbocycles. The summed E-state index contributed by atoms with van der Waals surface area (Å²) in [7, 11) is 0. The molecular weight excluding hydrogens is 232 g/mol. The molecule has 0 spiro atoms. The summed E-state index contributed by atoms with van der Waals surface area (Å²) in [4.78, 5) is 15.7. The Labute approximate surface area is 105 Å². The van der Waals surface area contributed by atoms with Crippen LogP contribution < -0.4 is 5.32 Å². The quantitative estimate of drug-likeness (QED) is 0.843. The van der Waals surface area contributed by atoms with Crippen LogP contribution in [0.15, 0.2) is 24.7 Å². The Kier molecular flexibility index (Phi) is 3.18. The Morgan fingerprint density at radius 3 is 2.78 bits per heavy atom. The minimum absolute atomic E-state index is 0.482. The molecule has 0 saturated heterocycles. The van der Waals surface area contributed by atoms with Crippen molar-refractivity contribution in [3.8, 4) is 0 Å². The third kappa shape index (κ3) is 1.90. The largest absolute Gasteiger partial charge is 0.480 e. The zero-order valence-electron chi connectivity index (χ0n) is 10.4. The number of aromatic nitrogens is 3. The van der Waals surface area contributed by atoms with Gasteiger partial charge in [0.15, 0.2) is 5.82 Å². The summed E-state index contributed by atoms with van der Waals surface area (Å²) in [5, 5.41) is 16.5. The predicted octanol–water partition coefficient (Wildman–Crippen LogP) is 1.78. The number of hydrogen-bond donors (Lipinski definition) is 2. The second kappa shape index (κ2) is 4.64. The molecule has 2 N–H and O–H groups in total. The number of carboxylic acid groups (broad SMARTS) is 1. The first-order chi connectivity index (χ1) is 8.63. The Morgan fingerprint density at radius 2 is 2.17 bits per heavy atom. The van der Waals surface area contributed by atoms with Crippen molar-refractivity contribution in [3.05, 3.63) is 24.7 Å². The number of nitrogens with zero attached hydrogens (tertiary/aromatic N) is 3. The molecule has 0 amide bonds. The first-order valence-corrected chi connectivity index (χ1v) is 5.93. The van der Waals surface area contributed by atoms with Crippen LogP contribution >= 0.6 is 0 Å². The van der Waals surface area contributed by atoms with Crippen LogP contribution in [-0.2, 0) is 4.79 Å². The SMILES string of the molecule is CCC(CC)(Nc1nccn2nccc12)C(=O)O. The van der Waals surface area contributed by atoms with Gasteiger partial charge in [-0.15, -0.1) is 0 Å². The number of hydrogen-bond acceptors (Lipinski definition) is 4. The van der Waals surface area contributed by atoms with Gasteiger partial charge in [0.2, 0.25) is 0 Å². The summed E-state index contributed by atoms with van der Waals surface area (Å²) in [6.45, 7) is 3.70. The highest BCUT2D eigenvalue weighted by molar-refractivity contribution is 5.84. The first kappa shape index (κ1) is 12.3. The Morgan fingerprint density at radius 1 is 1.44 bits per heavy atom. The molecule has 0 saturated carbocycles. The third-order valence-electron chi connectivity index (χ3n) is 3.30. The highest BCUT2D eigenvalue weighted by Crippen LogP contribution is 2.24. The zero-order valence-corrected chi connectivity index (χ0v) is 10.4. The van der Waals surface area contributed by atoms with E-state index in [9.17, 15) is 9.90 Å². The van der Waals surface area contributed by atoms with Crippen LogP contribution in [0.5, 0.6) is 0 Å². The van der Waals surface area contributed by atoms with Gasteiger partial charge in [-0.05, 0) is 18.9 Å². The number of nitrogens with one attached hydrogen (secondary N) is 1. The van der Waals surface area contributed by atoms with Gasteiger partial charge < -0.3 is 10.4 Å². The number of anilines is 1. The lowest BCUT2D eigenvalue weighted by molar-refractivity contribution is -0.142. The fraction of sp³-hybridized carbons (Fsp3) is 0.417. The summed E-state index contributed by atoms with van der Waals surface area (Å²) < 4.78 is 1.66. The molecule has 2 aromatic heterocycles. The third-order valence-corrected chi connectivity index (χ3v) is 3.30. The average Bonchev–Trinajstić information content (AvgIpc) is 2.84. The van der Waals surface area contributed by atoms with Gasteiger partial charge in [-0.1, -0.05) is 13.8 Å². The Balaban J connectivity index is 2.43. The maximum Gasteiger partial charge on any atom is 0.329 e. The molecule has 96 valence electrons. The van der Waals surface area contributed by atoms with E-state index in [0.29, 0.717) is 18.7 Å². The van der Waals surface area contributed by atoms with Gasteiger partial charge in [0.1, 0.15) is 11.1 Å². The standard InChI is InChI=1S/C12H16N4O2/c1-3-12(4-2,11(17)18)15-10-9-5-6-14-16(9)8-7-13-10/h5-8H,3-4H2,1-2H3,(H,13,15)(H,17,18). The van der Waals surface area contributed by atoms with Gasteiger partial charge in [-0.25, -0.2) is 14.3 Å². The molecule has 18 heavy (non-hydrogen) atoms. The lowest BCUT2D eigenvalue weighted by Gasteiger charge is -2.28. The summed E-state index contributed by atoms with van der Waals surface area (Å²) in [5.41, 5.74) is -0.218. The first-order valence-electron chi connectivity index (χ1n) is 5.93. The zero-order chi connectivity index (χ0) is 13.2. The van der Waals surface area contributed by atoms with E-state index in [0.717, 1.165) is 5.52 Å². The maximum atomic E-state index is 11.4. The highest BCUT2D eigenvalue weighted by atomic mass is 16.4. The average molecular weight is 248 g/mol. The van der Waals surface area contributed by atoms with Crippen LogP contribution in [0.2, 0.25) is 0 Å². The number of fused-ring (bicyclic) bond motifs is 1. The van der Waals surface area contributed by atoms with Crippen LogP contribution in [0.4, 0.5) is 5.82 Å². The lowest BCUT2D eigenvalue weighted by Crippen LogP contribution is -2.45. The minimum Gasteiger partial charge on any atom is -0.480 e. The molecule has 6 heteroatoms. The van der Waals surface area contributed by atoms with E-state index in [1.165, 1.54) is 0 Å². The van der Waals surface area contributed by atoms with Crippen molar-refractivity contribution in [3.63, 3.8) is 0 Å². The molecular formula is C12H16N4O2. The van der Waals surface area contributed by atoms with Crippen molar-refractivity contribution in [1.82, 2.24) is 14.6 Å². The molecule has 0 fully saturated rings. The summed E-state index contributed by atoms with van der Waals surface area (Å²) in [5.74, 6) is -0.322. The number of aliphatic carboxylic acids is 1. The van der Waals surface area contributed by atoms with E-state index in [4.69, 9.17) is 0 Å². The minimum atomic E-state index is -0.987. The molecule has 2 heterocycles. The van der Waals surface area contributed by atoms with Gasteiger partial charge in [-0.2, -0.15) is 5.10 Å². The van der Waals surface area contributed by atoms with Crippen molar-refractivity contribution < 1.29 is 9.90 Å². The molecule has 0 radical (unpaired) electrons. The maximum absolute atomic E-state index is 11.4. The lowest BCUT2D eigenvalue weighted by atomic mass is 9.93. The topological polar surface area (TPSA) is 79.5 Å². The van der Waals surface area contributed by atoms with Crippen LogP contribution in [0, 0.1) is 0 Å². The molecule has 0 aromatic carbocycles. The molecule has 0 bridgehead atoms. The fourth-order valence-corrected chi connectivity index (χ4v) is 1.96. The van der Waals surface area contributed by atoms with E-state index in [2.05, 4.69) is 15.4 Å². The van der Waals surface area contributed by atoms with E-state index in [-0.39, 0.29) is 0 Å². The normalized spacial score (nSPS) is 11.7. The van der Waals surface area contributed by atoms with E-state index in [1.54, 1.807) is 29.2 Å². The van der Waals surface area contributed by atoms with Gasteiger partial charge in [0, 0.05) is 12.4 Å². The molecule has 2 aromatic rings. The monoisotopic (exact) mass is 248 g/mol. The van der Waals surface area contributed by atoms with Crippen LogP contribution in [-0.4, -0.2) is 31.2 Å². The van der Waals surface area contributed by atoms with Crippen LogP contribution in [0.3, 0.4) is 0 Å². The molecule has 2 rings (SSSR count). The van der Waals surface area contributed by atoms with Gasteiger partial charge in [0.05, 0.1) is 6.20 Å². The molecule has 6 nitrogen and oxygen atoms in total. The van der Waals surface area contributed by atoms with Crippen molar-refractivity contribution in [2.75, 3.05) is 5.32 Å². The fourth-order valence-electron chi connectivity index (χ4n) is 1.96. The van der Waals surface area contributed by atoms with E-state index >= 15 is 0 Å². The van der Waals surface area contributed by atoms with E-state index in [1.807, 2.05) is 13.8 Å². The molecule has 0 aliphatic heterocycles. The summed E-state index contributed by atoms with van der Waals surface area (Å²) in [6, 6.07) is 1.80. The van der Waals surface area contributed by atoms with Crippen LogP contribution in [0.25, 0.3) is 5.52 Å². The van der Waals surface area contributed by atoms with Crippen LogP contribution in [0.1, 0.15) is 26.7 Å². The smallest absolute Gasteiger partial charge is 0.329 e. The van der Waals surface area contributed by atoms with Gasteiger partial charge >= 0.3 is 5.97 Å². The number of carboxylic acids is 1. The summed E-state index contributed by atoms with van der Waals surface area (Å²) >= 11 is 0. The molecule has 0 aliphatic rings.